The third kappa shape index (κ3) is 2.61. The monoisotopic (exact) mass is 279 g/mol. The molecule has 0 atom stereocenters. The van der Waals surface area contributed by atoms with Gasteiger partial charge in [-0.2, -0.15) is 5.10 Å². The number of hydrogen-bond donors (Lipinski definition) is 1. The summed E-state index contributed by atoms with van der Waals surface area (Å²) in [5.41, 5.74) is 0.702. The van der Waals surface area contributed by atoms with E-state index in [9.17, 15) is 4.79 Å². The first-order valence-corrected chi connectivity index (χ1v) is 6.24. The largest absolute Gasteiger partial charge is 0.478 e. The first-order valence-electron chi connectivity index (χ1n) is 5.87. The van der Waals surface area contributed by atoms with E-state index in [0.717, 1.165) is 5.82 Å². The van der Waals surface area contributed by atoms with Gasteiger partial charge in [0.15, 0.2) is 0 Å². The molecule has 0 aliphatic rings. The maximum absolute atomic E-state index is 11.0. The summed E-state index contributed by atoms with van der Waals surface area (Å²) in [5.74, 6) is 0.536. The lowest BCUT2D eigenvalue weighted by molar-refractivity contribution is 0.0697. The maximum Gasteiger partial charge on any atom is 0.335 e. The Bertz CT molecular complexity index is 635. The second-order valence-electron chi connectivity index (χ2n) is 4.56. The average Bonchev–Trinajstić information content (AvgIpc) is 2.71. The zero-order valence-electron chi connectivity index (χ0n) is 10.9. The van der Waals surface area contributed by atoms with Crippen LogP contribution >= 0.6 is 11.6 Å². The Morgan fingerprint density at radius 1 is 1.42 bits per heavy atom. The van der Waals surface area contributed by atoms with Gasteiger partial charge >= 0.3 is 5.97 Å². The summed E-state index contributed by atoms with van der Waals surface area (Å²) in [6, 6.07) is 4.53. The summed E-state index contributed by atoms with van der Waals surface area (Å²) in [4.78, 5) is 15.4. The number of carboxylic acids is 1. The number of benzene rings is 1. The lowest BCUT2D eigenvalue weighted by atomic mass is 10.1. The van der Waals surface area contributed by atoms with Gasteiger partial charge in [-0.1, -0.05) is 25.4 Å². The zero-order valence-corrected chi connectivity index (χ0v) is 11.6. The van der Waals surface area contributed by atoms with Crippen LogP contribution in [0.4, 0.5) is 0 Å². The lowest BCUT2D eigenvalue weighted by Crippen LogP contribution is -2.07. The van der Waals surface area contributed by atoms with E-state index >= 15 is 0 Å². The van der Waals surface area contributed by atoms with Crippen LogP contribution in [0.25, 0.3) is 5.69 Å². The number of carbonyl (C=O) groups is 1. The van der Waals surface area contributed by atoms with E-state index in [4.69, 9.17) is 16.7 Å². The lowest BCUT2D eigenvalue weighted by Gasteiger charge is -2.10. The molecule has 0 saturated heterocycles. The van der Waals surface area contributed by atoms with Crippen molar-refractivity contribution in [3.05, 3.63) is 40.4 Å². The minimum Gasteiger partial charge on any atom is -0.478 e. The number of aromatic nitrogens is 3. The third-order valence-electron chi connectivity index (χ3n) is 2.68. The quantitative estimate of drug-likeness (QED) is 0.937. The van der Waals surface area contributed by atoms with Gasteiger partial charge in [0.05, 0.1) is 16.3 Å². The average molecular weight is 280 g/mol. The molecular weight excluding hydrogens is 266 g/mol. The van der Waals surface area contributed by atoms with Crippen LogP contribution in [-0.2, 0) is 0 Å². The van der Waals surface area contributed by atoms with E-state index in [1.54, 1.807) is 17.7 Å². The first-order chi connectivity index (χ1) is 8.90. The van der Waals surface area contributed by atoms with Crippen LogP contribution in [-0.4, -0.2) is 25.8 Å². The molecule has 19 heavy (non-hydrogen) atoms. The molecule has 0 amide bonds. The number of carboxylic acid groups (broad SMARTS) is 1. The number of aromatic carboxylic acids is 1. The number of aryl methyl sites for hydroxylation is 1. The van der Waals surface area contributed by atoms with Crippen molar-refractivity contribution in [2.24, 2.45) is 0 Å². The molecule has 0 bridgehead atoms. The minimum absolute atomic E-state index is 0.158. The number of rotatable bonds is 3. The summed E-state index contributed by atoms with van der Waals surface area (Å²) in [7, 11) is 0. The van der Waals surface area contributed by atoms with E-state index in [1.807, 2.05) is 13.8 Å². The molecule has 0 aliphatic heterocycles. The Morgan fingerprint density at radius 3 is 2.68 bits per heavy atom. The Balaban J connectivity index is 2.64. The van der Waals surface area contributed by atoms with Gasteiger partial charge in [-0.05, 0) is 25.1 Å². The predicted molar refractivity (Wildman–Crippen MR) is 72.2 cm³/mol. The topological polar surface area (TPSA) is 68.0 Å². The highest BCUT2D eigenvalue weighted by atomic mass is 35.5. The molecule has 1 aromatic heterocycles. The van der Waals surface area contributed by atoms with Crippen LogP contribution in [0.3, 0.4) is 0 Å². The van der Waals surface area contributed by atoms with E-state index in [0.29, 0.717) is 16.5 Å². The van der Waals surface area contributed by atoms with Crippen molar-refractivity contribution >= 4 is 17.6 Å². The summed E-state index contributed by atoms with van der Waals surface area (Å²) in [6.45, 7) is 5.78. The minimum atomic E-state index is -0.999. The summed E-state index contributed by atoms with van der Waals surface area (Å²) in [6.07, 6.45) is 0. The standard InChI is InChI=1S/C13H14ClN3O2/c1-7(2)12-15-8(3)16-17(12)11-6-9(13(18)19)4-5-10(11)14/h4-7H,1-3H3,(H,18,19). The highest BCUT2D eigenvalue weighted by Crippen LogP contribution is 2.25. The molecule has 6 heteroatoms. The SMILES string of the molecule is Cc1nc(C(C)C)n(-c2cc(C(=O)O)ccc2Cl)n1. The van der Waals surface area contributed by atoms with Crippen molar-refractivity contribution in [1.29, 1.82) is 0 Å². The molecule has 0 spiro atoms. The smallest absolute Gasteiger partial charge is 0.335 e. The second kappa shape index (κ2) is 5.01. The van der Waals surface area contributed by atoms with E-state index in [1.165, 1.54) is 12.1 Å². The first kappa shape index (κ1) is 13.5. The van der Waals surface area contributed by atoms with Gasteiger partial charge in [0.2, 0.25) is 0 Å². The molecule has 1 heterocycles. The van der Waals surface area contributed by atoms with Gasteiger partial charge < -0.3 is 5.11 Å². The molecule has 2 rings (SSSR count). The second-order valence-corrected chi connectivity index (χ2v) is 4.96. The fourth-order valence-corrected chi connectivity index (χ4v) is 1.99. The van der Waals surface area contributed by atoms with Gasteiger partial charge in [-0.3, -0.25) is 0 Å². The molecule has 0 aliphatic carbocycles. The Hall–Kier alpha value is -1.88. The Morgan fingerprint density at radius 2 is 2.11 bits per heavy atom. The molecule has 100 valence electrons. The van der Waals surface area contributed by atoms with Crippen molar-refractivity contribution in [1.82, 2.24) is 14.8 Å². The molecular formula is C13H14ClN3O2. The van der Waals surface area contributed by atoms with Crippen molar-refractivity contribution in [3.8, 4) is 5.69 Å². The molecule has 0 saturated carbocycles. The Labute approximate surface area is 115 Å². The van der Waals surface area contributed by atoms with Gasteiger partial charge in [-0.25, -0.2) is 14.5 Å². The van der Waals surface area contributed by atoms with E-state index in [-0.39, 0.29) is 11.5 Å². The molecule has 0 unspecified atom stereocenters. The van der Waals surface area contributed by atoms with Crippen LogP contribution in [0, 0.1) is 6.92 Å². The molecule has 2 aromatic rings. The maximum atomic E-state index is 11.0. The third-order valence-corrected chi connectivity index (χ3v) is 3.00. The van der Waals surface area contributed by atoms with Crippen LogP contribution in [0.15, 0.2) is 18.2 Å². The van der Waals surface area contributed by atoms with Crippen LogP contribution in [0.1, 0.15) is 41.8 Å². The summed E-state index contributed by atoms with van der Waals surface area (Å²) >= 11 is 6.14. The fourth-order valence-electron chi connectivity index (χ4n) is 1.79. The fraction of sp³-hybridized carbons (Fsp3) is 0.308. The van der Waals surface area contributed by atoms with Gasteiger partial charge in [0, 0.05) is 5.92 Å². The number of nitrogens with zero attached hydrogens (tertiary/aromatic N) is 3. The molecule has 0 fully saturated rings. The van der Waals surface area contributed by atoms with Crippen molar-refractivity contribution in [2.75, 3.05) is 0 Å². The van der Waals surface area contributed by atoms with Crippen LogP contribution in [0.5, 0.6) is 0 Å². The van der Waals surface area contributed by atoms with Crippen molar-refractivity contribution in [3.63, 3.8) is 0 Å². The van der Waals surface area contributed by atoms with Crippen LogP contribution < -0.4 is 0 Å². The van der Waals surface area contributed by atoms with Gasteiger partial charge in [0.25, 0.3) is 0 Å². The van der Waals surface area contributed by atoms with Crippen molar-refractivity contribution in [2.45, 2.75) is 26.7 Å². The molecule has 5 nitrogen and oxygen atoms in total. The molecule has 1 aromatic carbocycles. The highest BCUT2D eigenvalue weighted by molar-refractivity contribution is 6.32. The molecule has 1 N–H and O–H groups in total. The van der Waals surface area contributed by atoms with Crippen LogP contribution in [0.2, 0.25) is 5.02 Å². The summed E-state index contributed by atoms with van der Waals surface area (Å²) in [5, 5.41) is 13.8. The Kier molecular flexibility index (Phi) is 3.57. The van der Waals surface area contributed by atoms with Gasteiger partial charge in [-0.15, -0.1) is 0 Å². The predicted octanol–water partition coefficient (Wildman–Crippen LogP) is 3.05. The number of hydrogen-bond acceptors (Lipinski definition) is 3. The van der Waals surface area contributed by atoms with E-state index in [2.05, 4.69) is 10.1 Å². The van der Waals surface area contributed by atoms with Crippen molar-refractivity contribution < 1.29 is 9.90 Å². The summed E-state index contributed by atoms with van der Waals surface area (Å²) < 4.78 is 1.61. The van der Waals surface area contributed by atoms with Gasteiger partial charge in [0.1, 0.15) is 11.6 Å². The van der Waals surface area contributed by atoms with E-state index < -0.39 is 5.97 Å². The zero-order chi connectivity index (χ0) is 14.2. The highest BCUT2D eigenvalue weighted by Gasteiger charge is 2.16. The normalized spacial score (nSPS) is 11.0. The molecule has 0 radical (unpaired) electrons. The number of halogens is 1.